The highest BCUT2D eigenvalue weighted by molar-refractivity contribution is 6.46. The van der Waals surface area contributed by atoms with Crippen LogP contribution < -0.4 is 14.2 Å². The molecule has 2 heterocycles. The van der Waals surface area contributed by atoms with Crippen molar-refractivity contribution < 1.29 is 38.7 Å². The van der Waals surface area contributed by atoms with E-state index in [4.69, 9.17) is 18.9 Å². The van der Waals surface area contributed by atoms with Crippen LogP contribution in [0.2, 0.25) is 0 Å². The first-order valence-electron chi connectivity index (χ1n) is 12.5. The van der Waals surface area contributed by atoms with Crippen LogP contribution in [0.4, 0.5) is 0 Å². The van der Waals surface area contributed by atoms with Gasteiger partial charge in [-0.25, -0.2) is 0 Å². The van der Waals surface area contributed by atoms with Crippen LogP contribution in [0.1, 0.15) is 29.2 Å². The lowest BCUT2D eigenvalue weighted by molar-refractivity contribution is -0.140. The molecule has 2 aliphatic heterocycles. The van der Waals surface area contributed by atoms with E-state index in [0.29, 0.717) is 42.4 Å². The Labute approximate surface area is 222 Å². The average Bonchev–Trinajstić information content (AvgIpc) is 3.18. The summed E-state index contributed by atoms with van der Waals surface area (Å²) >= 11 is 0. The molecule has 2 aromatic carbocycles. The summed E-state index contributed by atoms with van der Waals surface area (Å²) in [5.74, 6) is -1.14. The summed E-state index contributed by atoms with van der Waals surface area (Å²) in [6, 6.07) is 7.09. The van der Waals surface area contributed by atoms with E-state index in [1.54, 1.807) is 31.2 Å². The standard InChI is InChI=1S/C28H34N2O8/c1-17-6-7-20(31)19(14-17)25(32)23-24(18-15-21(35-2)27(37-4)22(16-18)36-3)30(28(34)26(23)33)9-5-8-29-10-12-38-13-11-29/h6-7,14-16,24,31-32H,5,8-13H2,1-4H3/t24-/m0/s1. The molecule has 2 N–H and O–H groups in total. The maximum atomic E-state index is 13.4. The molecular weight excluding hydrogens is 492 g/mol. The van der Waals surface area contributed by atoms with Crippen molar-refractivity contribution in [2.45, 2.75) is 19.4 Å². The number of ether oxygens (including phenoxy) is 4. The van der Waals surface area contributed by atoms with Crippen molar-refractivity contribution in [3.8, 4) is 23.0 Å². The van der Waals surface area contributed by atoms with Crippen LogP contribution in [0.5, 0.6) is 23.0 Å². The first-order chi connectivity index (χ1) is 18.3. The molecule has 2 aromatic rings. The van der Waals surface area contributed by atoms with E-state index in [9.17, 15) is 19.8 Å². The lowest BCUT2D eigenvalue weighted by Crippen LogP contribution is -2.39. The summed E-state index contributed by atoms with van der Waals surface area (Å²) in [6.45, 7) is 5.75. The summed E-state index contributed by atoms with van der Waals surface area (Å²) in [5, 5.41) is 21.8. The van der Waals surface area contributed by atoms with Gasteiger partial charge in [-0.05, 0) is 43.2 Å². The maximum Gasteiger partial charge on any atom is 0.295 e. The van der Waals surface area contributed by atoms with Crippen molar-refractivity contribution in [3.05, 3.63) is 52.6 Å². The molecule has 4 rings (SSSR count). The number of phenols is 1. The molecular formula is C28H34N2O8. The minimum absolute atomic E-state index is 0.0776. The van der Waals surface area contributed by atoms with E-state index >= 15 is 0 Å². The highest BCUT2D eigenvalue weighted by atomic mass is 16.5. The van der Waals surface area contributed by atoms with Crippen LogP contribution in [0.3, 0.4) is 0 Å². The van der Waals surface area contributed by atoms with E-state index in [1.807, 2.05) is 0 Å². The fourth-order valence-electron chi connectivity index (χ4n) is 4.99. The Morgan fingerprint density at radius 1 is 1.00 bits per heavy atom. The number of phenolic OH excluding ortho intramolecular Hbond substituents is 1. The molecule has 0 unspecified atom stereocenters. The number of aliphatic hydroxyl groups is 1. The summed E-state index contributed by atoms with van der Waals surface area (Å²) in [4.78, 5) is 30.5. The normalized spacial score (nSPS) is 19.6. The van der Waals surface area contributed by atoms with Crippen LogP contribution in [-0.2, 0) is 14.3 Å². The fraction of sp³-hybridized carbons (Fsp3) is 0.429. The Balaban J connectivity index is 1.81. The maximum absolute atomic E-state index is 13.4. The minimum atomic E-state index is -0.937. The molecule has 2 saturated heterocycles. The molecule has 204 valence electrons. The number of amides is 1. The fourth-order valence-corrected chi connectivity index (χ4v) is 4.99. The zero-order valence-corrected chi connectivity index (χ0v) is 22.2. The van der Waals surface area contributed by atoms with Gasteiger partial charge in [-0.2, -0.15) is 0 Å². The van der Waals surface area contributed by atoms with Crippen molar-refractivity contribution in [1.29, 1.82) is 0 Å². The lowest BCUT2D eigenvalue weighted by Gasteiger charge is -2.29. The third-order valence-corrected chi connectivity index (χ3v) is 6.93. The molecule has 0 saturated carbocycles. The number of nitrogens with zero attached hydrogens (tertiary/aromatic N) is 2. The second-order valence-corrected chi connectivity index (χ2v) is 9.28. The van der Waals surface area contributed by atoms with Gasteiger partial charge in [0.25, 0.3) is 11.7 Å². The number of aryl methyl sites for hydroxylation is 1. The molecule has 0 aliphatic carbocycles. The van der Waals surface area contributed by atoms with Gasteiger partial charge in [0.1, 0.15) is 11.5 Å². The smallest absolute Gasteiger partial charge is 0.295 e. The monoisotopic (exact) mass is 526 g/mol. The minimum Gasteiger partial charge on any atom is -0.507 e. The summed E-state index contributed by atoms with van der Waals surface area (Å²) < 4.78 is 21.9. The number of aromatic hydroxyl groups is 1. The second kappa shape index (κ2) is 11.7. The SMILES string of the molecule is COc1cc([C@H]2C(=C(O)c3cc(C)ccc3O)C(=O)C(=O)N2CCCN2CCOCC2)cc(OC)c1OC. The second-order valence-electron chi connectivity index (χ2n) is 9.28. The number of morpholine rings is 1. The molecule has 1 amide bonds. The van der Waals surface area contributed by atoms with Crippen molar-refractivity contribution >= 4 is 17.4 Å². The number of carbonyl (C=O) groups is 2. The molecule has 2 aliphatic rings. The van der Waals surface area contributed by atoms with E-state index < -0.39 is 23.5 Å². The number of methoxy groups -OCH3 is 3. The topological polar surface area (TPSA) is 118 Å². The van der Waals surface area contributed by atoms with Crippen molar-refractivity contribution in [2.24, 2.45) is 0 Å². The Morgan fingerprint density at radius 2 is 1.66 bits per heavy atom. The van der Waals surface area contributed by atoms with Crippen LogP contribution in [0.25, 0.3) is 5.76 Å². The van der Waals surface area contributed by atoms with Gasteiger partial charge in [-0.1, -0.05) is 11.6 Å². The van der Waals surface area contributed by atoms with Gasteiger partial charge in [-0.15, -0.1) is 0 Å². The predicted molar refractivity (Wildman–Crippen MR) is 140 cm³/mol. The Morgan fingerprint density at radius 3 is 2.26 bits per heavy atom. The molecule has 10 heteroatoms. The molecule has 0 aromatic heterocycles. The zero-order valence-electron chi connectivity index (χ0n) is 22.2. The number of benzene rings is 2. The van der Waals surface area contributed by atoms with E-state index in [1.165, 1.54) is 32.3 Å². The number of ketones is 1. The number of rotatable bonds is 9. The molecule has 0 radical (unpaired) electrons. The first kappa shape index (κ1) is 27.3. The van der Waals surface area contributed by atoms with Gasteiger partial charge >= 0.3 is 0 Å². The molecule has 2 fully saturated rings. The number of aliphatic hydroxyl groups excluding tert-OH is 1. The highest BCUT2D eigenvalue weighted by Gasteiger charge is 2.46. The quantitative estimate of drug-likeness (QED) is 0.289. The van der Waals surface area contributed by atoms with Crippen molar-refractivity contribution in [1.82, 2.24) is 9.80 Å². The average molecular weight is 527 g/mol. The van der Waals surface area contributed by atoms with Crippen LogP contribution in [0.15, 0.2) is 35.9 Å². The first-order valence-corrected chi connectivity index (χ1v) is 12.5. The van der Waals surface area contributed by atoms with Crippen molar-refractivity contribution in [3.63, 3.8) is 0 Å². The largest absolute Gasteiger partial charge is 0.507 e. The molecule has 1 atom stereocenters. The number of likely N-dealkylation sites (tertiary alicyclic amines) is 1. The van der Waals surface area contributed by atoms with Gasteiger partial charge in [-0.3, -0.25) is 14.5 Å². The molecule has 38 heavy (non-hydrogen) atoms. The Hall–Kier alpha value is -3.76. The van der Waals surface area contributed by atoms with Gasteiger partial charge in [0.2, 0.25) is 5.75 Å². The van der Waals surface area contributed by atoms with E-state index in [-0.39, 0.29) is 23.4 Å². The van der Waals surface area contributed by atoms with Gasteiger partial charge in [0.15, 0.2) is 11.5 Å². The third kappa shape index (κ3) is 5.27. The molecule has 10 nitrogen and oxygen atoms in total. The summed E-state index contributed by atoms with van der Waals surface area (Å²) in [6.07, 6.45) is 0.615. The Bertz CT molecular complexity index is 1210. The number of Topliss-reactive ketones (excluding diaryl/α,β-unsaturated/α-hetero) is 1. The number of hydrogen-bond donors (Lipinski definition) is 2. The number of hydrogen-bond acceptors (Lipinski definition) is 9. The van der Waals surface area contributed by atoms with Crippen LogP contribution in [-0.4, -0.2) is 92.4 Å². The zero-order chi connectivity index (χ0) is 27.4. The summed E-state index contributed by atoms with van der Waals surface area (Å²) in [7, 11) is 4.44. The van der Waals surface area contributed by atoms with Gasteiger partial charge in [0.05, 0.1) is 51.7 Å². The van der Waals surface area contributed by atoms with E-state index in [2.05, 4.69) is 4.90 Å². The predicted octanol–water partition coefficient (Wildman–Crippen LogP) is 2.87. The lowest BCUT2D eigenvalue weighted by atomic mass is 9.94. The number of carbonyl (C=O) groups excluding carboxylic acids is 2. The van der Waals surface area contributed by atoms with Crippen LogP contribution in [0, 0.1) is 6.92 Å². The van der Waals surface area contributed by atoms with Gasteiger partial charge < -0.3 is 34.1 Å². The molecule has 0 bridgehead atoms. The summed E-state index contributed by atoms with van der Waals surface area (Å²) in [5.41, 5.74) is 1.23. The van der Waals surface area contributed by atoms with E-state index in [0.717, 1.165) is 25.2 Å². The van der Waals surface area contributed by atoms with Crippen LogP contribution >= 0.6 is 0 Å². The molecule has 0 spiro atoms. The highest BCUT2D eigenvalue weighted by Crippen LogP contribution is 2.46. The van der Waals surface area contributed by atoms with Crippen molar-refractivity contribution in [2.75, 3.05) is 60.7 Å². The third-order valence-electron chi connectivity index (χ3n) is 6.93. The van der Waals surface area contributed by atoms with Gasteiger partial charge in [0, 0.05) is 26.2 Å². The Kier molecular flexibility index (Phi) is 8.43.